The summed E-state index contributed by atoms with van der Waals surface area (Å²) in [6.45, 7) is 11.9. The Morgan fingerprint density at radius 3 is 1.58 bits per heavy atom. The van der Waals surface area contributed by atoms with Crippen LogP contribution in [0.15, 0.2) is 84.5 Å². The van der Waals surface area contributed by atoms with Crippen LogP contribution in [0.5, 0.6) is 0 Å². The van der Waals surface area contributed by atoms with Crippen molar-refractivity contribution >= 4 is 92.1 Å². The first-order chi connectivity index (χ1) is 28.8. The highest BCUT2D eigenvalue weighted by Crippen LogP contribution is 2.42. The summed E-state index contributed by atoms with van der Waals surface area (Å²) in [6.07, 6.45) is -8.15. The summed E-state index contributed by atoms with van der Waals surface area (Å²) in [7, 11) is 0. The average Bonchev–Trinajstić information content (AvgIpc) is 3.99. The highest BCUT2D eigenvalue weighted by atomic mass is 32.1. The number of anilines is 4. The molecule has 0 amide bonds. The van der Waals surface area contributed by atoms with E-state index in [9.17, 15) is 46.1 Å². The molecule has 7 rings (SSSR count). The molecule has 0 spiro atoms. The van der Waals surface area contributed by atoms with Crippen molar-refractivity contribution < 1.29 is 46.1 Å². The Morgan fingerprint density at radius 2 is 1.13 bits per heavy atom. The van der Waals surface area contributed by atoms with Gasteiger partial charge in [0.15, 0.2) is 10.3 Å². The molecule has 62 heavy (non-hydrogen) atoms. The Bertz CT molecular complexity index is 2640. The van der Waals surface area contributed by atoms with E-state index in [-0.39, 0.29) is 37.0 Å². The van der Waals surface area contributed by atoms with Gasteiger partial charge in [-0.3, -0.25) is 0 Å². The summed E-state index contributed by atoms with van der Waals surface area (Å²) in [6, 6.07) is 18.9. The van der Waals surface area contributed by atoms with Gasteiger partial charge < -0.3 is 20.8 Å². The van der Waals surface area contributed by atoms with E-state index in [1.807, 2.05) is 102 Å². The molecular formula is C42H40F6N6O4S4. The van der Waals surface area contributed by atoms with Crippen molar-refractivity contribution in [1.29, 1.82) is 0 Å². The van der Waals surface area contributed by atoms with E-state index in [1.165, 1.54) is 22.7 Å². The Balaban J connectivity index is 0.000000262. The molecule has 2 aromatic carbocycles. The number of thiazole rings is 2. The van der Waals surface area contributed by atoms with Crippen LogP contribution in [0.4, 0.5) is 48.2 Å². The monoisotopic (exact) mass is 934 g/mol. The molecule has 0 saturated heterocycles. The van der Waals surface area contributed by atoms with Crippen LogP contribution in [0.2, 0.25) is 0 Å². The zero-order chi connectivity index (χ0) is 44.8. The molecular weight excluding hydrogens is 895 g/mol. The third kappa shape index (κ3) is 11.5. The molecule has 328 valence electrons. The third-order valence-electron chi connectivity index (χ3n) is 8.52. The van der Waals surface area contributed by atoms with Gasteiger partial charge in [-0.05, 0) is 46.2 Å². The van der Waals surface area contributed by atoms with Crippen molar-refractivity contribution in [3.8, 4) is 20.2 Å². The first kappa shape index (κ1) is 49.1. The van der Waals surface area contributed by atoms with E-state index in [0.717, 1.165) is 42.4 Å². The normalized spacial score (nSPS) is 11.3. The topological polar surface area (TPSA) is 150 Å². The van der Waals surface area contributed by atoms with Crippen LogP contribution in [0.1, 0.15) is 96.6 Å². The summed E-state index contributed by atoms with van der Waals surface area (Å²) in [5.41, 5.74) is -0.773. The third-order valence-corrected chi connectivity index (χ3v) is 11.6. The van der Waals surface area contributed by atoms with E-state index in [1.54, 1.807) is 11.3 Å². The summed E-state index contributed by atoms with van der Waals surface area (Å²) in [5.74, 6) is -3.21. The first-order valence-electron chi connectivity index (χ1n) is 18.5. The lowest BCUT2D eigenvalue weighted by molar-refractivity contribution is -0.138. The molecule has 4 N–H and O–H groups in total. The predicted octanol–water partition coefficient (Wildman–Crippen LogP) is 13.9. The van der Waals surface area contributed by atoms with E-state index in [2.05, 4.69) is 30.6 Å². The number of halogens is 6. The number of hydrogen-bond donors (Lipinski definition) is 4. The number of aromatic carboxylic acids is 2. The standard InChI is InChI=1S/C23H18F3N3O2S.C17H14F3N3O2S2.C2H6.H2S/c1-12(2)18-19(16-9-5-7-13-6-3-4-8-15(13)16)32-22(28-18)29-20-17(21(30)31)10-14(11-27-20)23(24,25)26;1-8(2)12-13(11-4-3-5-26-11)27-16(22-12)23-14-10(15(24)25)6-9(7-21-14)17(18,19)20;1-2;/h3-12H,1-2H3,(H,30,31)(H,27,28,29);3-8H,1-2H3,(H,24,25)(H,21,22,23);1-2H3;1H2. The smallest absolute Gasteiger partial charge is 0.417 e. The van der Waals surface area contributed by atoms with Crippen LogP contribution in [0.25, 0.3) is 31.0 Å². The molecule has 0 atom stereocenters. The average molecular weight is 935 g/mol. The minimum Gasteiger partial charge on any atom is -0.478 e. The van der Waals surface area contributed by atoms with Crippen LogP contribution in [-0.2, 0) is 12.4 Å². The number of pyridine rings is 2. The highest BCUT2D eigenvalue weighted by molar-refractivity contribution is 7.59. The molecule has 7 aromatic rings. The molecule has 5 heterocycles. The van der Waals surface area contributed by atoms with Crippen molar-refractivity contribution in [3.05, 3.63) is 118 Å². The molecule has 0 aliphatic carbocycles. The van der Waals surface area contributed by atoms with Gasteiger partial charge in [0.25, 0.3) is 0 Å². The van der Waals surface area contributed by atoms with Gasteiger partial charge in [-0.15, -0.1) is 11.3 Å². The summed E-state index contributed by atoms with van der Waals surface area (Å²) in [4.78, 5) is 42.3. The fourth-order valence-electron chi connectivity index (χ4n) is 5.72. The van der Waals surface area contributed by atoms with Gasteiger partial charge in [0.1, 0.15) is 22.8 Å². The predicted molar refractivity (Wildman–Crippen MR) is 239 cm³/mol. The van der Waals surface area contributed by atoms with Crippen LogP contribution in [0, 0.1) is 0 Å². The molecule has 10 nitrogen and oxygen atoms in total. The molecule has 0 aliphatic rings. The number of carboxylic acids is 2. The Hall–Kier alpha value is -5.57. The van der Waals surface area contributed by atoms with Gasteiger partial charge >= 0.3 is 24.3 Å². The number of carbonyl (C=O) groups is 2. The number of nitrogens with zero attached hydrogens (tertiary/aromatic N) is 4. The van der Waals surface area contributed by atoms with E-state index >= 15 is 0 Å². The second-order valence-electron chi connectivity index (χ2n) is 13.4. The quantitative estimate of drug-likeness (QED) is 0.0976. The number of aromatic nitrogens is 4. The van der Waals surface area contributed by atoms with Crippen molar-refractivity contribution in [2.45, 2.75) is 65.7 Å². The number of fused-ring (bicyclic) bond motifs is 1. The second kappa shape index (κ2) is 20.5. The number of benzene rings is 2. The van der Waals surface area contributed by atoms with E-state index < -0.39 is 46.5 Å². The lowest BCUT2D eigenvalue weighted by Crippen LogP contribution is -2.11. The number of hydrogen-bond acceptors (Lipinski definition) is 11. The van der Waals surface area contributed by atoms with Gasteiger partial charge in [0.2, 0.25) is 0 Å². The van der Waals surface area contributed by atoms with E-state index in [4.69, 9.17) is 0 Å². The van der Waals surface area contributed by atoms with Crippen LogP contribution in [0.3, 0.4) is 0 Å². The number of alkyl halides is 6. The van der Waals surface area contributed by atoms with Crippen LogP contribution < -0.4 is 10.6 Å². The molecule has 0 saturated carbocycles. The number of nitrogens with one attached hydrogen (secondary N) is 2. The lowest BCUT2D eigenvalue weighted by atomic mass is 10.00. The van der Waals surface area contributed by atoms with Gasteiger partial charge in [0, 0.05) is 22.8 Å². The van der Waals surface area contributed by atoms with Crippen molar-refractivity contribution in [1.82, 2.24) is 19.9 Å². The number of thiophene rings is 1. The van der Waals surface area contributed by atoms with Crippen LogP contribution in [-0.4, -0.2) is 42.1 Å². The summed E-state index contributed by atoms with van der Waals surface area (Å²) < 4.78 is 77.4. The van der Waals surface area contributed by atoms with Crippen molar-refractivity contribution in [3.63, 3.8) is 0 Å². The maximum Gasteiger partial charge on any atom is 0.417 e. The number of carboxylic acid groups (broad SMARTS) is 2. The maximum absolute atomic E-state index is 13.0. The van der Waals surface area contributed by atoms with Gasteiger partial charge in [0.05, 0.1) is 32.3 Å². The van der Waals surface area contributed by atoms with Crippen molar-refractivity contribution in [2.24, 2.45) is 0 Å². The van der Waals surface area contributed by atoms with Gasteiger partial charge in [-0.2, -0.15) is 39.8 Å². The van der Waals surface area contributed by atoms with E-state index in [0.29, 0.717) is 34.8 Å². The SMILES string of the molecule is CC.CC(C)c1nc(Nc2ncc(C(F)(F)F)cc2C(=O)O)sc1-c1cccc2ccccc12.CC(C)c1nc(Nc2ncc(C(F)(F)F)cc2C(=O)O)sc1-c1cccs1.S. The minimum absolute atomic E-state index is 0. The molecule has 0 aliphatic heterocycles. The van der Waals surface area contributed by atoms with Gasteiger partial charge in [-0.25, -0.2) is 29.5 Å². The molecule has 0 unspecified atom stereocenters. The molecule has 0 radical (unpaired) electrons. The molecule has 20 heteroatoms. The minimum atomic E-state index is -4.69. The zero-order valence-corrected chi connectivity index (χ0v) is 37.2. The fourth-order valence-corrected chi connectivity index (χ4v) is 8.86. The largest absolute Gasteiger partial charge is 0.478 e. The van der Waals surface area contributed by atoms with Crippen LogP contribution >= 0.6 is 47.5 Å². The highest BCUT2D eigenvalue weighted by Gasteiger charge is 2.34. The Morgan fingerprint density at radius 1 is 0.661 bits per heavy atom. The van der Waals surface area contributed by atoms with Crippen molar-refractivity contribution in [2.75, 3.05) is 10.6 Å². The molecule has 5 aromatic heterocycles. The van der Waals surface area contributed by atoms with Gasteiger partial charge in [-0.1, -0.05) is 113 Å². The summed E-state index contributed by atoms with van der Waals surface area (Å²) in [5, 5.41) is 29.0. The zero-order valence-electron chi connectivity index (χ0n) is 33.7. The fraction of sp³-hybridized carbons (Fsp3) is 0.238. The molecule has 0 bridgehead atoms. The molecule has 0 fully saturated rings. The number of rotatable bonds is 10. The summed E-state index contributed by atoms with van der Waals surface area (Å²) >= 11 is 4.15. The lowest BCUT2D eigenvalue weighted by Gasteiger charge is -2.10. The maximum atomic E-state index is 13.0. The second-order valence-corrected chi connectivity index (χ2v) is 16.3. The Labute approximate surface area is 371 Å². The first-order valence-corrected chi connectivity index (χ1v) is 21.0. The Kier molecular flexibility index (Phi) is 16.3.